The first-order valence-corrected chi connectivity index (χ1v) is 6.93. The van der Waals surface area contributed by atoms with Gasteiger partial charge >= 0.3 is 0 Å². The van der Waals surface area contributed by atoms with E-state index in [4.69, 9.17) is 11.1 Å². The Balaban J connectivity index is 2.21. The fraction of sp³-hybridized carbons (Fsp3) is 0. The SMILES string of the molecule is N=C/C(=C\N)c1ccc2scc(-c3ccncc3)c2n1. The number of nitrogens with two attached hydrogens (primary N) is 1. The minimum absolute atomic E-state index is 0.610. The molecule has 3 aromatic rings. The molecule has 0 radical (unpaired) electrons. The Morgan fingerprint density at radius 3 is 2.70 bits per heavy atom. The number of thiophene rings is 1. The van der Waals surface area contributed by atoms with Gasteiger partial charge < -0.3 is 11.1 Å². The summed E-state index contributed by atoms with van der Waals surface area (Å²) in [6, 6.07) is 7.83. The van der Waals surface area contributed by atoms with Crippen molar-refractivity contribution in [1.29, 1.82) is 5.41 Å². The van der Waals surface area contributed by atoms with Gasteiger partial charge in [0.1, 0.15) is 0 Å². The van der Waals surface area contributed by atoms with Crippen LogP contribution in [-0.2, 0) is 0 Å². The molecule has 0 aliphatic carbocycles. The maximum absolute atomic E-state index is 7.37. The summed E-state index contributed by atoms with van der Waals surface area (Å²) in [6.45, 7) is 0. The van der Waals surface area contributed by atoms with Crippen LogP contribution in [0.15, 0.2) is 48.2 Å². The van der Waals surface area contributed by atoms with Crippen LogP contribution in [0.4, 0.5) is 0 Å². The van der Waals surface area contributed by atoms with Crippen molar-refractivity contribution in [3.8, 4) is 11.1 Å². The summed E-state index contributed by atoms with van der Waals surface area (Å²) in [6.07, 6.45) is 6.16. The number of aromatic nitrogens is 2. The molecule has 0 aliphatic heterocycles. The third-order valence-corrected chi connectivity index (χ3v) is 3.98. The third-order valence-electron chi connectivity index (χ3n) is 3.04. The standard InChI is InChI=1S/C15H12N4S/c16-7-11(8-17)13-1-2-14-15(19-13)12(9-20-14)10-3-5-18-6-4-10/h1-9,16H,17H2/b11-8+,16-7?. The van der Waals surface area contributed by atoms with Crippen molar-refractivity contribution < 1.29 is 0 Å². The van der Waals surface area contributed by atoms with E-state index in [0.29, 0.717) is 11.3 Å². The summed E-state index contributed by atoms with van der Waals surface area (Å²) in [5.74, 6) is 0. The lowest BCUT2D eigenvalue weighted by Crippen LogP contribution is -1.94. The molecule has 0 bridgehead atoms. The highest BCUT2D eigenvalue weighted by Crippen LogP contribution is 2.33. The van der Waals surface area contributed by atoms with Gasteiger partial charge in [0.25, 0.3) is 0 Å². The molecule has 0 aliphatic rings. The van der Waals surface area contributed by atoms with E-state index in [9.17, 15) is 0 Å². The van der Waals surface area contributed by atoms with E-state index in [1.807, 2.05) is 24.3 Å². The number of nitrogens with one attached hydrogen (secondary N) is 1. The van der Waals surface area contributed by atoms with Crippen molar-refractivity contribution in [2.24, 2.45) is 5.73 Å². The molecule has 0 atom stereocenters. The molecule has 3 N–H and O–H groups in total. The van der Waals surface area contributed by atoms with Crippen LogP contribution >= 0.6 is 11.3 Å². The second-order valence-electron chi connectivity index (χ2n) is 4.19. The van der Waals surface area contributed by atoms with Crippen molar-refractivity contribution in [3.05, 3.63) is 53.9 Å². The lowest BCUT2D eigenvalue weighted by molar-refractivity contribution is 1.33. The summed E-state index contributed by atoms with van der Waals surface area (Å²) in [7, 11) is 0. The monoisotopic (exact) mass is 280 g/mol. The highest BCUT2D eigenvalue weighted by atomic mass is 32.1. The molecule has 0 saturated heterocycles. The van der Waals surface area contributed by atoms with E-state index >= 15 is 0 Å². The Morgan fingerprint density at radius 1 is 1.20 bits per heavy atom. The number of hydrogen-bond donors (Lipinski definition) is 2. The van der Waals surface area contributed by atoms with Crippen molar-refractivity contribution in [3.63, 3.8) is 0 Å². The second-order valence-corrected chi connectivity index (χ2v) is 5.11. The summed E-state index contributed by atoms with van der Waals surface area (Å²) in [5, 5.41) is 9.46. The molecule has 0 amide bonds. The average Bonchev–Trinajstić information content (AvgIpc) is 2.93. The summed E-state index contributed by atoms with van der Waals surface area (Å²) < 4.78 is 1.11. The van der Waals surface area contributed by atoms with Gasteiger partial charge in [-0.15, -0.1) is 11.3 Å². The van der Waals surface area contributed by atoms with Crippen LogP contribution < -0.4 is 5.73 Å². The summed E-state index contributed by atoms with van der Waals surface area (Å²) in [4.78, 5) is 8.68. The van der Waals surface area contributed by atoms with Crippen molar-refractivity contribution in [2.75, 3.05) is 0 Å². The minimum Gasteiger partial charge on any atom is -0.404 e. The van der Waals surface area contributed by atoms with Crippen LogP contribution in [0.3, 0.4) is 0 Å². The van der Waals surface area contributed by atoms with Gasteiger partial charge in [-0.2, -0.15) is 0 Å². The zero-order chi connectivity index (χ0) is 13.9. The lowest BCUT2D eigenvalue weighted by atomic mass is 10.1. The molecular formula is C15H12N4S. The predicted octanol–water partition coefficient (Wildman–Crippen LogP) is 3.31. The number of fused-ring (bicyclic) bond motifs is 1. The van der Waals surface area contributed by atoms with Gasteiger partial charge in [-0.25, -0.2) is 4.98 Å². The van der Waals surface area contributed by atoms with Crippen LogP contribution in [0.5, 0.6) is 0 Å². The highest BCUT2D eigenvalue weighted by molar-refractivity contribution is 7.17. The molecule has 3 heterocycles. The Morgan fingerprint density at radius 2 is 2.00 bits per heavy atom. The van der Waals surface area contributed by atoms with E-state index in [0.717, 1.165) is 21.3 Å². The fourth-order valence-corrected chi connectivity index (χ4v) is 2.92. The van der Waals surface area contributed by atoms with E-state index in [2.05, 4.69) is 15.3 Å². The van der Waals surface area contributed by atoms with Gasteiger partial charge in [0.2, 0.25) is 0 Å². The molecule has 0 fully saturated rings. The van der Waals surface area contributed by atoms with E-state index in [1.165, 1.54) is 12.4 Å². The van der Waals surface area contributed by atoms with Crippen LogP contribution in [0, 0.1) is 5.41 Å². The lowest BCUT2D eigenvalue weighted by Gasteiger charge is -2.02. The van der Waals surface area contributed by atoms with Gasteiger partial charge in [0, 0.05) is 41.3 Å². The zero-order valence-electron chi connectivity index (χ0n) is 10.6. The van der Waals surface area contributed by atoms with E-state index in [1.54, 1.807) is 23.7 Å². The number of hydrogen-bond acceptors (Lipinski definition) is 5. The number of rotatable bonds is 3. The van der Waals surface area contributed by atoms with Gasteiger partial charge in [-0.1, -0.05) is 0 Å². The first-order chi connectivity index (χ1) is 9.83. The molecule has 0 spiro atoms. The Hall–Kier alpha value is -2.53. The highest BCUT2D eigenvalue weighted by Gasteiger charge is 2.09. The zero-order valence-corrected chi connectivity index (χ0v) is 11.4. The average molecular weight is 280 g/mol. The van der Waals surface area contributed by atoms with Crippen LogP contribution in [0.2, 0.25) is 0 Å². The summed E-state index contributed by atoms with van der Waals surface area (Å²) in [5.41, 5.74) is 9.94. The van der Waals surface area contributed by atoms with Crippen LogP contribution in [0.25, 0.3) is 26.9 Å². The Bertz CT molecular complexity index is 790. The largest absolute Gasteiger partial charge is 0.404 e. The number of nitrogens with zero attached hydrogens (tertiary/aromatic N) is 2. The molecule has 98 valence electrons. The third kappa shape index (κ3) is 2.08. The molecule has 0 saturated carbocycles. The van der Waals surface area contributed by atoms with Gasteiger partial charge in [-0.3, -0.25) is 4.98 Å². The molecule has 4 nitrogen and oxygen atoms in total. The van der Waals surface area contributed by atoms with Gasteiger partial charge in [0.15, 0.2) is 0 Å². The van der Waals surface area contributed by atoms with Gasteiger partial charge in [-0.05, 0) is 29.8 Å². The van der Waals surface area contributed by atoms with Crippen LogP contribution in [0.1, 0.15) is 5.69 Å². The normalized spacial score (nSPS) is 11.7. The van der Waals surface area contributed by atoms with Crippen molar-refractivity contribution >= 4 is 33.3 Å². The molecule has 20 heavy (non-hydrogen) atoms. The van der Waals surface area contributed by atoms with Crippen molar-refractivity contribution in [1.82, 2.24) is 9.97 Å². The molecule has 5 heteroatoms. The fourth-order valence-electron chi connectivity index (χ4n) is 2.02. The Kier molecular flexibility index (Phi) is 3.26. The van der Waals surface area contributed by atoms with E-state index in [-0.39, 0.29) is 0 Å². The Labute approximate surface area is 120 Å². The number of pyridine rings is 2. The second kappa shape index (κ2) is 5.22. The van der Waals surface area contributed by atoms with Gasteiger partial charge in [0.05, 0.1) is 15.9 Å². The molecular weight excluding hydrogens is 268 g/mol. The smallest absolute Gasteiger partial charge is 0.0895 e. The molecule has 3 rings (SSSR count). The van der Waals surface area contributed by atoms with E-state index < -0.39 is 0 Å². The first kappa shape index (κ1) is 12.5. The maximum Gasteiger partial charge on any atom is 0.0895 e. The number of allylic oxidation sites excluding steroid dienone is 1. The molecule has 0 aromatic carbocycles. The maximum atomic E-state index is 7.37. The topological polar surface area (TPSA) is 75.7 Å². The van der Waals surface area contributed by atoms with Crippen LogP contribution in [-0.4, -0.2) is 16.2 Å². The molecule has 3 aromatic heterocycles. The van der Waals surface area contributed by atoms with Crippen molar-refractivity contribution in [2.45, 2.75) is 0 Å². The first-order valence-electron chi connectivity index (χ1n) is 6.05. The summed E-state index contributed by atoms with van der Waals surface area (Å²) >= 11 is 1.65. The minimum atomic E-state index is 0.610. The predicted molar refractivity (Wildman–Crippen MR) is 83.8 cm³/mol. The quantitative estimate of drug-likeness (QED) is 0.723. The molecule has 0 unspecified atom stereocenters.